The molecule has 0 radical (unpaired) electrons. The molecule has 32 heavy (non-hydrogen) atoms. The Bertz CT molecular complexity index is 972. The van der Waals surface area contributed by atoms with Crippen LogP contribution in [0.5, 0.6) is 11.5 Å². The SMILES string of the molecule is COc1ccc(CCN2C(=O)CC[C@@H]3CN(C(=O)/C=C/c4cccs4)CC[C@@H]32)cc1OC. The van der Waals surface area contributed by atoms with E-state index in [-0.39, 0.29) is 17.9 Å². The van der Waals surface area contributed by atoms with Gasteiger partial charge < -0.3 is 19.3 Å². The Morgan fingerprint density at radius 3 is 2.78 bits per heavy atom. The van der Waals surface area contributed by atoms with E-state index in [0.29, 0.717) is 36.9 Å². The first-order valence-corrected chi connectivity index (χ1v) is 12.0. The van der Waals surface area contributed by atoms with E-state index in [0.717, 1.165) is 36.2 Å². The lowest BCUT2D eigenvalue weighted by atomic mass is 9.83. The fourth-order valence-corrected chi connectivity index (χ4v) is 5.39. The smallest absolute Gasteiger partial charge is 0.246 e. The maximum absolute atomic E-state index is 12.7. The Morgan fingerprint density at radius 2 is 2.03 bits per heavy atom. The second-order valence-electron chi connectivity index (χ2n) is 8.31. The number of fused-ring (bicyclic) bond motifs is 1. The number of benzene rings is 1. The number of likely N-dealkylation sites (tertiary alicyclic amines) is 2. The average molecular weight is 455 g/mol. The monoisotopic (exact) mass is 454 g/mol. The molecule has 0 aliphatic carbocycles. The zero-order valence-electron chi connectivity index (χ0n) is 18.7. The molecule has 170 valence electrons. The van der Waals surface area contributed by atoms with Gasteiger partial charge in [0, 0.05) is 43.1 Å². The molecule has 0 bridgehead atoms. The van der Waals surface area contributed by atoms with Crippen LogP contribution in [0.15, 0.2) is 41.8 Å². The molecule has 2 aliphatic heterocycles. The van der Waals surface area contributed by atoms with E-state index in [1.54, 1.807) is 31.6 Å². The van der Waals surface area contributed by atoms with Crippen molar-refractivity contribution in [3.05, 3.63) is 52.2 Å². The zero-order chi connectivity index (χ0) is 22.5. The zero-order valence-corrected chi connectivity index (χ0v) is 19.5. The number of ether oxygens (including phenoxy) is 2. The third-order valence-corrected chi connectivity index (χ3v) is 7.32. The van der Waals surface area contributed by atoms with E-state index in [4.69, 9.17) is 9.47 Å². The molecule has 3 heterocycles. The van der Waals surface area contributed by atoms with E-state index in [1.807, 2.05) is 51.6 Å². The summed E-state index contributed by atoms with van der Waals surface area (Å²) >= 11 is 1.62. The van der Waals surface area contributed by atoms with Crippen LogP contribution in [0, 0.1) is 5.92 Å². The summed E-state index contributed by atoms with van der Waals surface area (Å²) in [7, 11) is 3.25. The Labute approximate surface area is 193 Å². The van der Waals surface area contributed by atoms with Gasteiger partial charge >= 0.3 is 0 Å². The van der Waals surface area contributed by atoms with Crippen molar-refractivity contribution in [1.82, 2.24) is 9.80 Å². The highest BCUT2D eigenvalue weighted by molar-refractivity contribution is 7.10. The van der Waals surface area contributed by atoms with Crippen molar-refractivity contribution in [2.45, 2.75) is 31.7 Å². The lowest BCUT2D eigenvalue weighted by Gasteiger charge is -2.47. The van der Waals surface area contributed by atoms with Crippen LogP contribution in [-0.2, 0) is 16.0 Å². The van der Waals surface area contributed by atoms with Crippen LogP contribution < -0.4 is 9.47 Å². The number of hydrogen-bond donors (Lipinski definition) is 0. The van der Waals surface area contributed by atoms with Crippen molar-refractivity contribution >= 4 is 29.2 Å². The second kappa shape index (κ2) is 10.2. The van der Waals surface area contributed by atoms with Gasteiger partial charge in [-0.1, -0.05) is 12.1 Å². The number of carbonyl (C=O) groups excluding carboxylic acids is 2. The van der Waals surface area contributed by atoms with Gasteiger partial charge in [0.25, 0.3) is 0 Å². The van der Waals surface area contributed by atoms with Crippen LogP contribution in [-0.4, -0.2) is 61.5 Å². The first-order chi connectivity index (χ1) is 15.6. The van der Waals surface area contributed by atoms with Gasteiger partial charge in [-0.2, -0.15) is 0 Å². The Balaban J connectivity index is 1.37. The van der Waals surface area contributed by atoms with E-state index in [2.05, 4.69) is 0 Å². The molecule has 0 spiro atoms. The van der Waals surface area contributed by atoms with Gasteiger partial charge in [-0.05, 0) is 60.4 Å². The predicted octanol–water partition coefficient (Wildman–Crippen LogP) is 3.86. The summed E-state index contributed by atoms with van der Waals surface area (Å²) in [5, 5.41) is 2.01. The average Bonchev–Trinajstić information content (AvgIpc) is 3.35. The summed E-state index contributed by atoms with van der Waals surface area (Å²) in [4.78, 5) is 30.5. The molecule has 7 heteroatoms. The normalized spacial score (nSPS) is 21.0. The summed E-state index contributed by atoms with van der Waals surface area (Å²) in [5.74, 6) is 2.03. The predicted molar refractivity (Wildman–Crippen MR) is 126 cm³/mol. The summed E-state index contributed by atoms with van der Waals surface area (Å²) in [5.41, 5.74) is 1.11. The van der Waals surface area contributed by atoms with Crippen molar-refractivity contribution in [2.75, 3.05) is 33.9 Å². The fourth-order valence-electron chi connectivity index (χ4n) is 4.77. The number of methoxy groups -OCH3 is 2. The van der Waals surface area contributed by atoms with Crippen molar-refractivity contribution < 1.29 is 19.1 Å². The molecule has 1 aromatic carbocycles. The Morgan fingerprint density at radius 1 is 1.19 bits per heavy atom. The summed E-state index contributed by atoms with van der Waals surface area (Å²) in [6, 6.07) is 10.1. The second-order valence-corrected chi connectivity index (χ2v) is 9.29. The standard InChI is InChI=1S/C25H30N2O4S/c1-30-22-8-5-18(16-23(22)31-2)11-14-27-21-12-13-26(17-19(21)6-9-25(27)29)24(28)10-7-20-4-3-15-32-20/h3-5,7-8,10,15-16,19,21H,6,9,11-14,17H2,1-2H3/b10-7+/t19-,21+/m1/s1. The number of rotatable bonds is 7. The van der Waals surface area contributed by atoms with Crippen molar-refractivity contribution in [1.29, 1.82) is 0 Å². The molecule has 2 fully saturated rings. The van der Waals surface area contributed by atoms with Crippen molar-refractivity contribution in [2.24, 2.45) is 5.92 Å². The first kappa shape index (κ1) is 22.4. The molecule has 2 saturated heterocycles. The highest BCUT2D eigenvalue weighted by Crippen LogP contribution is 2.32. The van der Waals surface area contributed by atoms with Crippen LogP contribution in [0.4, 0.5) is 0 Å². The van der Waals surface area contributed by atoms with Crippen molar-refractivity contribution in [3.63, 3.8) is 0 Å². The van der Waals surface area contributed by atoms with E-state index in [9.17, 15) is 9.59 Å². The van der Waals surface area contributed by atoms with E-state index >= 15 is 0 Å². The van der Waals surface area contributed by atoms with Crippen LogP contribution in [0.2, 0.25) is 0 Å². The van der Waals surface area contributed by atoms with Gasteiger partial charge in [0.15, 0.2) is 11.5 Å². The largest absolute Gasteiger partial charge is 0.493 e. The summed E-state index contributed by atoms with van der Waals surface area (Å²) < 4.78 is 10.7. The number of carbonyl (C=O) groups is 2. The molecule has 0 unspecified atom stereocenters. The van der Waals surface area contributed by atoms with E-state index in [1.165, 1.54) is 0 Å². The summed E-state index contributed by atoms with van der Waals surface area (Å²) in [6.07, 6.45) is 6.57. The van der Waals surface area contributed by atoms with Gasteiger partial charge in [0.1, 0.15) is 0 Å². The van der Waals surface area contributed by atoms with Gasteiger partial charge in [0.05, 0.1) is 14.2 Å². The number of thiophene rings is 1. The molecule has 4 rings (SSSR count). The van der Waals surface area contributed by atoms with Gasteiger partial charge in [-0.15, -0.1) is 11.3 Å². The highest BCUT2D eigenvalue weighted by atomic mass is 32.1. The Hall–Kier alpha value is -2.80. The minimum Gasteiger partial charge on any atom is -0.493 e. The third kappa shape index (κ3) is 4.99. The lowest BCUT2D eigenvalue weighted by Crippen LogP contribution is -2.57. The minimum absolute atomic E-state index is 0.0608. The highest BCUT2D eigenvalue weighted by Gasteiger charge is 2.39. The van der Waals surface area contributed by atoms with E-state index < -0.39 is 0 Å². The molecule has 0 N–H and O–H groups in total. The number of piperidine rings is 2. The molecular formula is C25H30N2O4S. The quantitative estimate of drug-likeness (QED) is 0.596. The summed E-state index contributed by atoms with van der Waals surface area (Å²) in [6.45, 7) is 2.09. The number of nitrogens with zero attached hydrogens (tertiary/aromatic N) is 2. The molecule has 6 nitrogen and oxygen atoms in total. The fraction of sp³-hybridized carbons (Fsp3) is 0.440. The molecule has 2 atom stereocenters. The van der Waals surface area contributed by atoms with Crippen LogP contribution in [0.25, 0.3) is 6.08 Å². The molecule has 2 aliphatic rings. The van der Waals surface area contributed by atoms with Gasteiger partial charge in [-0.25, -0.2) is 0 Å². The molecule has 1 aromatic heterocycles. The minimum atomic E-state index is 0.0608. The van der Waals surface area contributed by atoms with Crippen LogP contribution >= 0.6 is 11.3 Å². The number of hydrogen-bond acceptors (Lipinski definition) is 5. The van der Waals surface area contributed by atoms with Crippen LogP contribution in [0.3, 0.4) is 0 Å². The third-order valence-electron chi connectivity index (χ3n) is 6.48. The van der Waals surface area contributed by atoms with Gasteiger partial charge in [0.2, 0.25) is 11.8 Å². The molecule has 2 aromatic rings. The molecular weight excluding hydrogens is 424 g/mol. The number of amides is 2. The topological polar surface area (TPSA) is 59.1 Å². The van der Waals surface area contributed by atoms with Crippen molar-refractivity contribution in [3.8, 4) is 11.5 Å². The maximum atomic E-state index is 12.7. The van der Waals surface area contributed by atoms with Gasteiger partial charge in [-0.3, -0.25) is 9.59 Å². The maximum Gasteiger partial charge on any atom is 0.246 e. The molecule has 2 amide bonds. The Kier molecular flexibility index (Phi) is 7.15. The molecule has 0 saturated carbocycles. The first-order valence-electron chi connectivity index (χ1n) is 11.1. The van der Waals surface area contributed by atoms with Crippen LogP contribution in [0.1, 0.15) is 29.7 Å². The lowest BCUT2D eigenvalue weighted by molar-refractivity contribution is -0.142.